The van der Waals surface area contributed by atoms with E-state index in [2.05, 4.69) is 13.2 Å². The Morgan fingerprint density at radius 3 is 2.16 bits per heavy atom. The molecule has 0 bridgehead atoms. The summed E-state index contributed by atoms with van der Waals surface area (Å²) < 4.78 is 39.2. The average Bonchev–Trinajstić information content (AvgIpc) is 2.69. The van der Waals surface area contributed by atoms with Crippen molar-refractivity contribution in [3.63, 3.8) is 0 Å². The van der Waals surface area contributed by atoms with Gasteiger partial charge >= 0.3 is 0 Å². The number of sulfone groups is 1. The topological polar surface area (TPSA) is 61.8 Å². The van der Waals surface area contributed by atoms with Crippen molar-refractivity contribution in [1.82, 2.24) is 0 Å². The summed E-state index contributed by atoms with van der Waals surface area (Å²) in [5.74, 6) is 0.290. The molecule has 0 radical (unpaired) electrons. The van der Waals surface area contributed by atoms with E-state index in [0.717, 1.165) is 0 Å². The van der Waals surface area contributed by atoms with Gasteiger partial charge in [0.1, 0.15) is 6.10 Å². The molecule has 5 nitrogen and oxygen atoms in total. The van der Waals surface area contributed by atoms with Crippen molar-refractivity contribution in [3.05, 3.63) is 25.3 Å². The highest BCUT2D eigenvalue weighted by atomic mass is 32.2. The van der Waals surface area contributed by atoms with E-state index in [1.54, 1.807) is 12.2 Å². The molecule has 0 aliphatic carbocycles. The molecule has 0 N–H and O–H groups in total. The van der Waals surface area contributed by atoms with Crippen LogP contribution in [0.25, 0.3) is 0 Å². The van der Waals surface area contributed by atoms with Crippen LogP contribution in [0.2, 0.25) is 0 Å². The van der Waals surface area contributed by atoms with Crippen molar-refractivity contribution >= 4 is 9.84 Å². The predicted octanol–water partition coefficient (Wildman–Crippen LogP) is 0.964. The maximum Gasteiger partial charge on any atom is 0.152 e. The summed E-state index contributed by atoms with van der Waals surface area (Å²) in [6, 6.07) is 0. The van der Waals surface area contributed by atoms with Gasteiger partial charge in [0.2, 0.25) is 0 Å². The standard InChI is InChI=1S/C13H22O5S/c1-3-6-16-9-13(10-17-7-4-2)18-12-5-8-19(14,15)11-12/h3-4,12-13H,1-2,5-11H2/t12-/m0/s1. The van der Waals surface area contributed by atoms with Crippen LogP contribution in [-0.2, 0) is 24.0 Å². The van der Waals surface area contributed by atoms with Crippen LogP contribution in [0.3, 0.4) is 0 Å². The average molecular weight is 290 g/mol. The molecule has 0 unspecified atom stereocenters. The van der Waals surface area contributed by atoms with E-state index in [1.807, 2.05) is 0 Å². The van der Waals surface area contributed by atoms with Gasteiger partial charge in [0.15, 0.2) is 9.84 Å². The normalized spacial score (nSPS) is 21.6. The molecule has 1 aliphatic rings. The Labute approximate surface area is 115 Å². The minimum Gasteiger partial charge on any atom is -0.375 e. The molecule has 1 fully saturated rings. The number of hydrogen-bond donors (Lipinski definition) is 0. The van der Waals surface area contributed by atoms with Crippen LogP contribution in [0, 0.1) is 0 Å². The van der Waals surface area contributed by atoms with E-state index in [1.165, 1.54) is 0 Å². The van der Waals surface area contributed by atoms with E-state index in [-0.39, 0.29) is 23.7 Å². The Hall–Kier alpha value is -0.690. The van der Waals surface area contributed by atoms with Crippen molar-refractivity contribution in [2.75, 3.05) is 37.9 Å². The van der Waals surface area contributed by atoms with Gasteiger partial charge in [-0.25, -0.2) is 8.42 Å². The second-order valence-corrected chi connectivity index (χ2v) is 6.66. The zero-order valence-electron chi connectivity index (χ0n) is 11.1. The fourth-order valence-electron chi connectivity index (χ4n) is 1.83. The molecule has 0 saturated carbocycles. The second kappa shape index (κ2) is 8.47. The van der Waals surface area contributed by atoms with Gasteiger partial charge in [-0.3, -0.25) is 0 Å². The van der Waals surface area contributed by atoms with Crippen LogP contribution >= 0.6 is 0 Å². The van der Waals surface area contributed by atoms with Crippen molar-refractivity contribution in [1.29, 1.82) is 0 Å². The minimum atomic E-state index is -2.93. The molecule has 0 aromatic heterocycles. The van der Waals surface area contributed by atoms with Crippen LogP contribution in [0.4, 0.5) is 0 Å². The zero-order chi connectivity index (χ0) is 14.1. The van der Waals surface area contributed by atoms with E-state index >= 15 is 0 Å². The van der Waals surface area contributed by atoms with Crippen LogP contribution in [-0.4, -0.2) is 58.6 Å². The monoisotopic (exact) mass is 290 g/mol. The van der Waals surface area contributed by atoms with Gasteiger partial charge in [0.05, 0.1) is 44.0 Å². The van der Waals surface area contributed by atoms with Gasteiger partial charge in [0.25, 0.3) is 0 Å². The Morgan fingerprint density at radius 1 is 1.16 bits per heavy atom. The molecule has 1 heterocycles. The van der Waals surface area contributed by atoms with E-state index in [4.69, 9.17) is 14.2 Å². The first kappa shape index (κ1) is 16.4. The molecule has 0 aromatic rings. The molecule has 6 heteroatoms. The largest absolute Gasteiger partial charge is 0.375 e. The molecule has 0 spiro atoms. The maximum absolute atomic E-state index is 11.4. The van der Waals surface area contributed by atoms with Gasteiger partial charge in [-0.15, -0.1) is 13.2 Å². The molecular formula is C13H22O5S. The minimum absolute atomic E-state index is 0.0897. The molecule has 1 aliphatic heterocycles. The van der Waals surface area contributed by atoms with Gasteiger partial charge in [-0.2, -0.15) is 0 Å². The zero-order valence-corrected chi connectivity index (χ0v) is 11.9. The summed E-state index contributed by atoms with van der Waals surface area (Å²) >= 11 is 0. The lowest BCUT2D eigenvalue weighted by Gasteiger charge is -2.21. The first-order chi connectivity index (χ1) is 9.07. The number of hydrogen-bond acceptors (Lipinski definition) is 5. The third-order valence-electron chi connectivity index (χ3n) is 2.65. The highest BCUT2D eigenvalue weighted by Gasteiger charge is 2.30. The maximum atomic E-state index is 11.4. The first-order valence-corrected chi connectivity index (χ1v) is 8.12. The van der Waals surface area contributed by atoms with Crippen molar-refractivity contribution in [2.24, 2.45) is 0 Å². The lowest BCUT2D eigenvalue weighted by atomic mass is 10.3. The first-order valence-electron chi connectivity index (χ1n) is 6.30. The van der Waals surface area contributed by atoms with Gasteiger partial charge < -0.3 is 14.2 Å². The molecule has 1 saturated heterocycles. The molecule has 19 heavy (non-hydrogen) atoms. The predicted molar refractivity (Wildman–Crippen MR) is 74.0 cm³/mol. The molecule has 0 amide bonds. The van der Waals surface area contributed by atoms with Crippen LogP contribution in [0.5, 0.6) is 0 Å². The Morgan fingerprint density at radius 2 is 1.74 bits per heavy atom. The number of ether oxygens (including phenoxy) is 3. The van der Waals surface area contributed by atoms with E-state index in [0.29, 0.717) is 32.8 Å². The van der Waals surface area contributed by atoms with Crippen molar-refractivity contribution in [2.45, 2.75) is 18.6 Å². The Bertz CT molecular complexity index is 362. The smallest absolute Gasteiger partial charge is 0.152 e. The molecule has 1 atom stereocenters. The van der Waals surface area contributed by atoms with Gasteiger partial charge in [0, 0.05) is 0 Å². The lowest BCUT2D eigenvalue weighted by Crippen LogP contribution is -2.31. The van der Waals surface area contributed by atoms with Crippen LogP contribution in [0.1, 0.15) is 6.42 Å². The third kappa shape index (κ3) is 6.87. The van der Waals surface area contributed by atoms with Crippen molar-refractivity contribution in [3.8, 4) is 0 Å². The molecular weight excluding hydrogens is 268 g/mol. The van der Waals surface area contributed by atoms with Gasteiger partial charge in [-0.1, -0.05) is 12.2 Å². The summed E-state index contributed by atoms with van der Waals surface area (Å²) in [6.07, 6.45) is 3.33. The Balaban J connectivity index is 2.38. The number of rotatable bonds is 10. The molecule has 1 rings (SSSR count). The highest BCUT2D eigenvalue weighted by Crippen LogP contribution is 2.16. The van der Waals surface area contributed by atoms with Crippen LogP contribution < -0.4 is 0 Å². The van der Waals surface area contributed by atoms with Crippen molar-refractivity contribution < 1.29 is 22.6 Å². The van der Waals surface area contributed by atoms with E-state index in [9.17, 15) is 8.42 Å². The molecule has 110 valence electrons. The summed E-state index contributed by atoms with van der Waals surface area (Å²) in [5.41, 5.74) is 0. The molecule has 0 aromatic carbocycles. The Kier molecular flexibility index (Phi) is 7.30. The quantitative estimate of drug-likeness (QED) is 0.443. The fraction of sp³-hybridized carbons (Fsp3) is 0.692. The van der Waals surface area contributed by atoms with E-state index < -0.39 is 9.84 Å². The summed E-state index contributed by atoms with van der Waals surface area (Å²) in [6.45, 7) is 8.72. The summed E-state index contributed by atoms with van der Waals surface area (Å²) in [4.78, 5) is 0. The van der Waals surface area contributed by atoms with Gasteiger partial charge in [-0.05, 0) is 6.42 Å². The third-order valence-corrected chi connectivity index (χ3v) is 4.39. The highest BCUT2D eigenvalue weighted by molar-refractivity contribution is 7.91. The summed E-state index contributed by atoms with van der Waals surface area (Å²) in [5, 5.41) is 0. The van der Waals surface area contributed by atoms with Crippen LogP contribution in [0.15, 0.2) is 25.3 Å². The second-order valence-electron chi connectivity index (χ2n) is 4.44. The fourth-order valence-corrected chi connectivity index (χ4v) is 3.43. The summed E-state index contributed by atoms with van der Waals surface area (Å²) in [7, 11) is -2.93. The SMILES string of the molecule is C=CCOCC(COCC=C)O[C@H]1CCS(=O)(=O)C1. The lowest BCUT2D eigenvalue weighted by molar-refractivity contribution is -0.0779.